The first-order valence-electron chi connectivity index (χ1n) is 10.7. The SMILES string of the molecule is CCn1ncc(Cn2cc(NC(=S)Nc3c(C)nn(Cc4cccc(Cl)c4)c3C)cn2)c1C. The number of nitrogens with one attached hydrogen (secondary N) is 2. The van der Waals surface area contributed by atoms with E-state index in [-0.39, 0.29) is 0 Å². The van der Waals surface area contributed by atoms with Crippen LogP contribution in [0.3, 0.4) is 0 Å². The molecule has 0 aliphatic rings. The summed E-state index contributed by atoms with van der Waals surface area (Å²) in [7, 11) is 0. The van der Waals surface area contributed by atoms with Crippen LogP contribution < -0.4 is 10.6 Å². The van der Waals surface area contributed by atoms with Gasteiger partial charge >= 0.3 is 0 Å². The summed E-state index contributed by atoms with van der Waals surface area (Å²) in [5.41, 5.74) is 6.96. The van der Waals surface area contributed by atoms with Gasteiger partial charge in [0.05, 0.1) is 48.2 Å². The first-order valence-corrected chi connectivity index (χ1v) is 11.5. The number of hydrogen-bond acceptors (Lipinski definition) is 4. The van der Waals surface area contributed by atoms with Gasteiger partial charge in [-0.25, -0.2) is 0 Å². The molecule has 0 aliphatic heterocycles. The van der Waals surface area contributed by atoms with Gasteiger partial charge in [0.1, 0.15) is 0 Å². The molecule has 0 radical (unpaired) electrons. The van der Waals surface area contributed by atoms with E-state index in [1.54, 1.807) is 6.20 Å². The van der Waals surface area contributed by atoms with Crippen molar-refractivity contribution in [3.63, 3.8) is 0 Å². The van der Waals surface area contributed by atoms with Crippen molar-refractivity contribution in [2.24, 2.45) is 0 Å². The minimum absolute atomic E-state index is 0.484. The molecule has 4 aromatic rings. The van der Waals surface area contributed by atoms with Crippen molar-refractivity contribution in [2.45, 2.75) is 47.3 Å². The Labute approximate surface area is 203 Å². The van der Waals surface area contributed by atoms with E-state index in [2.05, 4.69) is 39.8 Å². The number of benzene rings is 1. The first kappa shape index (κ1) is 23.0. The van der Waals surface area contributed by atoms with Crippen LogP contribution in [0, 0.1) is 20.8 Å². The number of aryl methyl sites for hydroxylation is 2. The Morgan fingerprint density at radius 2 is 1.85 bits per heavy atom. The fourth-order valence-corrected chi connectivity index (χ4v) is 4.20. The molecule has 33 heavy (non-hydrogen) atoms. The second kappa shape index (κ2) is 9.76. The van der Waals surface area contributed by atoms with Gasteiger partial charge in [-0.1, -0.05) is 23.7 Å². The summed E-state index contributed by atoms with van der Waals surface area (Å²) < 4.78 is 5.80. The number of halogens is 1. The maximum atomic E-state index is 6.12. The van der Waals surface area contributed by atoms with E-state index in [0.717, 1.165) is 46.1 Å². The fourth-order valence-electron chi connectivity index (χ4n) is 3.76. The molecule has 0 fully saturated rings. The number of rotatable bonds is 7. The third kappa shape index (κ3) is 5.26. The van der Waals surface area contributed by atoms with Crippen molar-refractivity contribution >= 4 is 40.3 Å². The van der Waals surface area contributed by atoms with Crippen molar-refractivity contribution in [3.05, 3.63) is 76.1 Å². The van der Waals surface area contributed by atoms with Crippen LogP contribution in [-0.4, -0.2) is 34.5 Å². The Balaban J connectivity index is 1.40. The highest BCUT2D eigenvalue weighted by atomic mass is 35.5. The minimum Gasteiger partial charge on any atom is -0.330 e. The minimum atomic E-state index is 0.484. The lowest BCUT2D eigenvalue weighted by molar-refractivity contribution is 0.633. The molecule has 4 rings (SSSR count). The molecular weight excluding hydrogens is 456 g/mol. The molecule has 1 aromatic carbocycles. The smallest absolute Gasteiger partial charge is 0.175 e. The van der Waals surface area contributed by atoms with E-state index < -0.39 is 0 Å². The second-order valence-corrected chi connectivity index (χ2v) is 8.75. The highest BCUT2D eigenvalue weighted by Crippen LogP contribution is 2.22. The maximum Gasteiger partial charge on any atom is 0.175 e. The van der Waals surface area contributed by atoms with E-state index in [1.807, 2.05) is 64.6 Å². The zero-order chi connectivity index (χ0) is 23.5. The van der Waals surface area contributed by atoms with Crippen molar-refractivity contribution in [1.82, 2.24) is 29.3 Å². The molecule has 0 saturated carbocycles. The van der Waals surface area contributed by atoms with Crippen LogP contribution in [0.1, 0.15) is 35.1 Å². The van der Waals surface area contributed by atoms with E-state index >= 15 is 0 Å². The van der Waals surface area contributed by atoms with Gasteiger partial charge in [-0.3, -0.25) is 14.0 Å². The van der Waals surface area contributed by atoms with Crippen LogP contribution >= 0.6 is 23.8 Å². The lowest BCUT2D eigenvalue weighted by Crippen LogP contribution is -2.19. The first-order chi connectivity index (χ1) is 15.8. The molecule has 3 heterocycles. The van der Waals surface area contributed by atoms with Crippen LogP contribution in [0.15, 0.2) is 42.9 Å². The molecule has 0 bridgehead atoms. The van der Waals surface area contributed by atoms with Crippen molar-refractivity contribution in [1.29, 1.82) is 0 Å². The predicted molar refractivity (Wildman–Crippen MR) is 136 cm³/mol. The van der Waals surface area contributed by atoms with Crippen LogP contribution in [-0.2, 0) is 19.6 Å². The Hall–Kier alpha value is -3.17. The predicted octanol–water partition coefficient (Wildman–Crippen LogP) is 4.78. The average molecular weight is 483 g/mol. The molecule has 0 spiro atoms. The Bertz CT molecular complexity index is 1290. The summed E-state index contributed by atoms with van der Waals surface area (Å²) in [5, 5.41) is 21.2. The molecule has 0 saturated heterocycles. The summed E-state index contributed by atoms with van der Waals surface area (Å²) in [5.74, 6) is 0. The Kier molecular flexibility index (Phi) is 6.80. The van der Waals surface area contributed by atoms with Crippen LogP contribution in [0.5, 0.6) is 0 Å². The summed E-state index contributed by atoms with van der Waals surface area (Å²) in [4.78, 5) is 0. The number of thiocarbonyl (C=S) groups is 1. The molecule has 3 aromatic heterocycles. The second-order valence-electron chi connectivity index (χ2n) is 7.91. The van der Waals surface area contributed by atoms with Gasteiger partial charge in [0.15, 0.2) is 5.11 Å². The van der Waals surface area contributed by atoms with Crippen molar-refractivity contribution in [2.75, 3.05) is 10.6 Å². The number of hydrogen-bond donors (Lipinski definition) is 2. The van der Waals surface area contributed by atoms with E-state index in [9.17, 15) is 0 Å². The highest BCUT2D eigenvalue weighted by Gasteiger charge is 2.14. The van der Waals surface area contributed by atoms with E-state index in [4.69, 9.17) is 23.8 Å². The van der Waals surface area contributed by atoms with Gasteiger partial charge in [0.25, 0.3) is 0 Å². The molecule has 2 N–H and O–H groups in total. The zero-order valence-corrected chi connectivity index (χ0v) is 20.7. The Morgan fingerprint density at radius 1 is 1.03 bits per heavy atom. The lowest BCUT2D eigenvalue weighted by Gasteiger charge is -2.10. The van der Waals surface area contributed by atoms with Gasteiger partial charge in [-0.15, -0.1) is 0 Å². The normalized spacial score (nSPS) is 11.1. The molecule has 0 amide bonds. The highest BCUT2D eigenvalue weighted by molar-refractivity contribution is 7.80. The monoisotopic (exact) mass is 482 g/mol. The fraction of sp³-hybridized carbons (Fsp3) is 0.304. The van der Waals surface area contributed by atoms with E-state index in [0.29, 0.717) is 23.2 Å². The Morgan fingerprint density at radius 3 is 2.58 bits per heavy atom. The zero-order valence-electron chi connectivity index (χ0n) is 19.1. The van der Waals surface area contributed by atoms with Crippen LogP contribution in [0.4, 0.5) is 11.4 Å². The molecule has 8 nitrogen and oxygen atoms in total. The van der Waals surface area contributed by atoms with Gasteiger partial charge in [-0.2, -0.15) is 15.3 Å². The molecule has 0 unspecified atom stereocenters. The summed E-state index contributed by atoms with van der Waals surface area (Å²) in [6.45, 7) is 10.3. The standard InChI is InChI=1S/C23H27ClN8S/c1-5-31-16(3)19(10-26-31)13-30-14-21(11-25-30)27-23(33)28-22-15(2)29-32(17(22)4)12-18-7-6-8-20(24)9-18/h6-11,14H,5,12-13H2,1-4H3,(H2,27,28,33). The maximum absolute atomic E-state index is 6.12. The van der Waals surface area contributed by atoms with Gasteiger partial charge in [0, 0.05) is 29.0 Å². The number of nitrogens with zero attached hydrogens (tertiary/aromatic N) is 6. The molecular formula is C23H27ClN8S. The van der Waals surface area contributed by atoms with Gasteiger partial charge in [0.2, 0.25) is 0 Å². The third-order valence-electron chi connectivity index (χ3n) is 5.57. The average Bonchev–Trinajstić information content (AvgIpc) is 3.43. The number of aromatic nitrogens is 6. The van der Waals surface area contributed by atoms with Crippen LogP contribution in [0.25, 0.3) is 0 Å². The quantitative estimate of drug-likeness (QED) is 0.369. The summed E-state index contributed by atoms with van der Waals surface area (Å²) >= 11 is 11.7. The van der Waals surface area contributed by atoms with Gasteiger partial charge < -0.3 is 10.6 Å². The molecule has 0 atom stereocenters. The summed E-state index contributed by atoms with van der Waals surface area (Å²) in [6, 6.07) is 7.79. The van der Waals surface area contributed by atoms with Crippen molar-refractivity contribution < 1.29 is 0 Å². The number of anilines is 2. The molecule has 10 heteroatoms. The molecule has 172 valence electrons. The molecule has 0 aliphatic carbocycles. The summed E-state index contributed by atoms with van der Waals surface area (Å²) in [6.07, 6.45) is 5.58. The van der Waals surface area contributed by atoms with E-state index in [1.165, 1.54) is 0 Å². The topological polar surface area (TPSA) is 77.5 Å². The van der Waals surface area contributed by atoms with Gasteiger partial charge in [-0.05, 0) is 57.6 Å². The third-order valence-corrected chi connectivity index (χ3v) is 6.01. The lowest BCUT2D eigenvalue weighted by atomic mass is 10.2. The van der Waals surface area contributed by atoms with Crippen molar-refractivity contribution in [3.8, 4) is 0 Å². The largest absolute Gasteiger partial charge is 0.330 e. The van der Waals surface area contributed by atoms with Crippen LogP contribution in [0.2, 0.25) is 5.02 Å².